The van der Waals surface area contributed by atoms with E-state index in [4.69, 9.17) is 0 Å². The molecule has 7 heteroatoms. The zero-order valence-electron chi connectivity index (χ0n) is 12.3. The van der Waals surface area contributed by atoms with Crippen LogP contribution in [0.15, 0.2) is 18.2 Å². The van der Waals surface area contributed by atoms with Crippen molar-refractivity contribution in [3.63, 3.8) is 0 Å². The number of urea groups is 1. The highest BCUT2D eigenvalue weighted by atomic mass is 16.4. The summed E-state index contributed by atoms with van der Waals surface area (Å²) >= 11 is 0. The minimum atomic E-state index is -1.18. The molecule has 1 rings (SSSR count). The standard InChI is InChI=1S/C14H19N3O4/c1-4-17(5-2)14(21)16-12-7-6-10(15-9(3)18)8-11(12)13(19)20/h6-8H,4-5H2,1-3H3,(H,15,18)(H,16,21)(H,19,20). The van der Waals surface area contributed by atoms with E-state index in [1.165, 1.54) is 30.0 Å². The number of nitrogens with one attached hydrogen (secondary N) is 2. The van der Waals surface area contributed by atoms with Gasteiger partial charge in [0.2, 0.25) is 5.91 Å². The van der Waals surface area contributed by atoms with E-state index in [2.05, 4.69) is 10.6 Å². The van der Waals surface area contributed by atoms with Gasteiger partial charge in [-0.05, 0) is 32.0 Å². The monoisotopic (exact) mass is 293 g/mol. The molecule has 0 aliphatic heterocycles. The number of benzene rings is 1. The molecule has 1 aromatic carbocycles. The second-order valence-corrected chi connectivity index (χ2v) is 4.35. The van der Waals surface area contributed by atoms with Crippen LogP contribution in [-0.4, -0.2) is 41.0 Å². The van der Waals surface area contributed by atoms with Crippen LogP contribution in [0.4, 0.5) is 16.2 Å². The van der Waals surface area contributed by atoms with Crippen molar-refractivity contribution < 1.29 is 19.5 Å². The number of carbonyl (C=O) groups excluding carboxylic acids is 2. The fraction of sp³-hybridized carbons (Fsp3) is 0.357. The molecule has 21 heavy (non-hydrogen) atoms. The van der Waals surface area contributed by atoms with E-state index in [0.29, 0.717) is 18.8 Å². The van der Waals surface area contributed by atoms with Gasteiger partial charge in [0, 0.05) is 25.7 Å². The largest absolute Gasteiger partial charge is 0.478 e. The summed E-state index contributed by atoms with van der Waals surface area (Å²) < 4.78 is 0. The molecule has 0 bridgehead atoms. The van der Waals surface area contributed by atoms with Crippen molar-refractivity contribution in [1.29, 1.82) is 0 Å². The molecule has 0 unspecified atom stereocenters. The topological polar surface area (TPSA) is 98.7 Å². The van der Waals surface area contributed by atoms with Crippen molar-refractivity contribution in [2.45, 2.75) is 20.8 Å². The summed E-state index contributed by atoms with van der Waals surface area (Å²) in [5.74, 6) is -1.48. The Bertz CT molecular complexity index is 553. The summed E-state index contributed by atoms with van der Waals surface area (Å²) in [7, 11) is 0. The fourth-order valence-electron chi connectivity index (χ4n) is 1.82. The van der Waals surface area contributed by atoms with Gasteiger partial charge in [-0.1, -0.05) is 0 Å². The Morgan fingerprint density at radius 3 is 2.24 bits per heavy atom. The highest BCUT2D eigenvalue weighted by Gasteiger charge is 2.16. The van der Waals surface area contributed by atoms with Crippen LogP contribution in [0.25, 0.3) is 0 Å². The van der Waals surface area contributed by atoms with Crippen molar-refractivity contribution in [2.75, 3.05) is 23.7 Å². The van der Waals surface area contributed by atoms with E-state index in [1.807, 2.05) is 13.8 Å². The predicted octanol–water partition coefficient (Wildman–Crippen LogP) is 2.22. The van der Waals surface area contributed by atoms with Gasteiger partial charge in [0.15, 0.2) is 0 Å². The summed E-state index contributed by atoms with van der Waals surface area (Å²) in [6.45, 7) is 6.04. The number of carboxylic acid groups (broad SMARTS) is 1. The van der Waals surface area contributed by atoms with Gasteiger partial charge in [0.1, 0.15) is 0 Å². The smallest absolute Gasteiger partial charge is 0.337 e. The Kier molecular flexibility index (Phi) is 5.71. The van der Waals surface area contributed by atoms with E-state index in [0.717, 1.165) is 0 Å². The molecule has 0 aliphatic carbocycles. The number of hydrogen-bond acceptors (Lipinski definition) is 3. The first kappa shape index (κ1) is 16.5. The Hall–Kier alpha value is -2.57. The van der Waals surface area contributed by atoms with Crippen LogP contribution >= 0.6 is 0 Å². The average Bonchev–Trinajstić information content (AvgIpc) is 2.41. The second-order valence-electron chi connectivity index (χ2n) is 4.35. The van der Waals surface area contributed by atoms with E-state index >= 15 is 0 Å². The number of anilines is 2. The van der Waals surface area contributed by atoms with Gasteiger partial charge in [-0.2, -0.15) is 0 Å². The third-order valence-electron chi connectivity index (χ3n) is 2.86. The normalized spacial score (nSPS) is 9.86. The molecule has 0 radical (unpaired) electrons. The summed E-state index contributed by atoms with van der Waals surface area (Å²) in [6, 6.07) is 3.93. The molecule has 3 N–H and O–H groups in total. The van der Waals surface area contributed by atoms with Crippen LogP contribution < -0.4 is 10.6 Å². The first-order chi connectivity index (χ1) is 9.88. The molecule has 0 aliphatic rings. The number of rotatable bonds is 5. The molecular weight excluding hydrogens is 274 g/mol. The van der Waals surface area contributed by atoms with Gasteiger partial charge in [-0.3, -0.25) is 4.79 Å². The average molecular weight is 293 g/mol. The van der Waals surface area contributed by atoms with Gasteiger partial charge in [0.05, 0.1) is 11.3 Å². The van der Waals surface area contributed by atoms with Gasteiger partial charge in [-0.25, -0.2) is 9.59 Å². The van der Waals surface area contributed by atoms with Crippen LogP contribution in [0, 0.1) is 0 Å². The first-order valence-corrected chi connectivity index (χ1v) is 6.59. The van der Waals surface area contributed by atoms with Crippen molar-refractivity contribution in [2.24, 2.45) is 0 Å². The number of aromatic carboxylic acids is 1. The van der Waals surface area contributed by atoms with Crippen LogP contribution in [-0.2, 0) is 4.79 Å². The van der Waals surface area contributed by atoms with E-state index in [-0.39, 0.29) is 23.2 Å². The lowest BCUT2D eigenvalue weighted by Gasteiger charge is -2.20. The van der Waals surface area contributed by atoms with Crippen LogP contribution in [0.3, 0.4) is 0 Å². The van der Waals surface area contributed by atoms with Gasteiger partial charge in [0.25, 0.3) is 0 Å². The van der Waals surface area contributed by atoms with Crippen molar-refractivity contribution in [1.82, 2.24) is 4.90 Å². The predicted molar refractivity (Wildman–Crippen MR) is 79.6 cm³/mol. The quantitative estimate of drug-likeness (QED) is 0.775. The highest BCUT2D eigenvalue weighted by molar-refractivity contribution is 6.01. The summed E-state index contributed by atoms with van der Waals surface area (Å²) in [4.78, 5) is 35.8. The second kappa shape index (κ2) is 7.28. The van der Waals surface area contributed by atoms with Crippen molar-refractivity contribution >= 4 is 29.3 Å². The molecule has 0 fully saturated rings. The molecule has 0 aromatic heterocycles. The Morgan fingerprint density at radius 1 is 1.14 bits per heavy atom. The lowest BCUT2D eigenvalue weighted by Crippen LogP contribution is -2.34. The van der Waals surface area contributed by atoms with Crippen LogP contribution in [0.2, 0.25) is 0 Å². The Balaban J connectivity index is 3.04. The third kappa shape index (κ3) is 4.48. The molecule has 0 saturated carbocycles. The number of carbonyl (C=O) groups is 3. The molecule has 0 spiro atoms. The molecule has 0 atom stereocenters. The van der Waals surface area contributed by atoms with Gasteiger partial charge < -0.3 is 20.6 Å². The first-order valence-electron chi connectivity index (χ1n) is 6.59. The van der Waals surface area contributed by atoms with E-state index in [1.54, 1.807) is 0 Å². The molecule has 0 heterocycles. The molecule has 0 saturated heterocycles. The molecule has 1 aromatic rings. The number of nitrogens with zero attached hydrogens (tertiary/aromatic N) is 1. The van der Waals surface area contributed by atoms with Crippen LogP contribution in [0.5, 0.6) is 0 Å². The highest BCUT2D eigenvalue weighted by Crippen LogP contribution is 2.21. The van der Waals surface area contributed by atoms with Crippen LogP contribution in [0.1, 0.15) is 31.1 Å². The molecule has 3 amide bonds. The minimum absolute atomic E-state index is 0.0817. The molecular formula is C14H19N3O4. The van der Waals surface area contributed by atoms with E-state index in [9.17, 15) is 19.5 Å². The third-order valence-corrected chi connectivity index (χ3v) is 2.86. The lowest BCUT2D eigenvalue weighted by molar-refractivity contribution is -0.114. The SMILES string of the molecule is CCN(CC)C(=O)Nc1ccc(NC(C)=O)cc1C(=O)O. The maximum atomic E-state index is 12.0. The van der Waals surface area contributed by atoms with E-state index < -0.39 is 5.97 Å². The van der Waals surface area contributed by atoms with Gasteiger partial charge >= 0.3 is 12.0 Å². The zero-order chi connectivity index (χ0) is 16.0. The summed E-state index contributed by atoms with van der Waals surface area (Å²) in [6.07, 6.45) is 0. The molecule has 114 valence electrons. The van der Waals surface area contributed by atoms with Crippen molar-refractivity contribution in [3.05, 3.63) is 23.8 Å². The number of carboxylic acids is 1. The van der Waals surface area contributed by atoms with Crippen molar-refractivity contribution in [3.8, 4) is 0 Å². The minimum Gasteiger partial charge on any atom is -0.478 e. The summed E-state index contributed by atoms with van der Waals surface area (Å²) in [5, 5.41) is 14.3. The molecule has 7 nitrogen and oxygen atoms in total. The Morgan fingerprint density at radius 2 is 1.76 bits per heavy atom. The summed E-state index contributed by atoms with van der Waals surface area (Å²) in [5.41, 5.74) is 0.469. The maximum absolute atomic E-state index is 12.0. The van der Waals surface area contributed by atoms with Gasteiger partial charge in [-0.15, -0.1) is 0 Å². The fourth-order valence-corrected chi connectivity index (χ4v) is 1.82. The number of amides is 3. The number of hydrogen-bond donors (Lipinski definition) is 3. The Labute approximate surface area is 122 Å². The lowest BCUT2D eigenvalue weighted by atomic mass is 10.1. The zero-order valence-corrected chi connectivity index (χ0v) is 12.3. The maximum Gasteiger partial charge on any atom is 0.337 e.